The fourth-order valence-corrected chi connectivity index (χ4v) is 3.21. The van der Waals surface area contributed by atoms with Crippen LogP contribution < -0.4 is 10.2 Å². The Labute approximate surface area is 130 Å². The van der Waals surface area contributed by atoms with E-state index in [1.165, 1.54) is 37.7 Å². The molecule has 2 rings (SSSR count). The fraction of sp³-hybridized carbons (Fsp3) is 0.722. The van der Waals surface area contributed by atoms with Gasteiger partial charge < -0.3 is 10.2 Å². The van der Waals surface area contributed by atoms with Crippen LogP contribution >= 0.6 is 0 Å². The molecule has 0 bridgehead atoms. The second-order valence-electron chi connectivity index (χ2n) is 6.75. The van der Waals surface area contributed by atoms with Gasteiger partial charge in [-0.3, -0.25) is 0 Å². The number of nitrogens with zero attached hydrogens (tertiary/aromatic N) is 2. The van der Waals surface area contributed by atoms with Gasteiger partial charge in [0.1, 0.15) is 5.82 Å². The van der Waals surface area contributed by atoms with E-state index in [0.717, 1.165) is 18.3 Å². The molecule has 0 saturated heterocycles. The molecule has 1 aliphatic carbocycles. The summed E-state index contributed by atoms with van der Waals surface area (Å²) in [5.41, 5.74) is 1.32. The third-order valence-corrected chi connectivity index (χ3v) is 4.83. The zero-order chi connectivity index (χ0) is 15.2. The van der Waals surface area contributed by atoms with Gasteiger partial charge >= 0.3 is 0 Å². The Hall–Kier alpha value is -1.09. The summed E-state index contributed by atoms with van der Waals surface area (Å²) >= 11 is 0. The zero-order valence-corrected chi connectivity index (χ0v) is 14.1. The number of hydrogen-bond donors (Lipinski definition) is 1. The van der Waals surface area contributed by atoms with Crippen molar-refractivity contribution in [3.63, 3.8) is 0 Å². The van der Waals surface area contributed by atoms with Gasteiger partial charge in [-0.2, -0.15) is 0 Å². The number of hydrogen-bond acceptors (Lipinski definition) is 3. The Morgan fingerprint density at radius 2 is 2.00 bits per heavy atom. The Morgan fingerprint density at radius 3 is 2.62 bits per heavy atom. The lowest BCUT2D eigenvalue weighted by Crippen LogP contribution is -2.35. The van der Waals surface area contributed by atoms with Crippen LogP contribution in [0.4, 0.5) is 5.82 Å². The van der Waals surface area contributed by atoms with Crippen LogP contribution in [0, 0.1) is 5.92 Å². The van der Waals surface area contributed by atoms with Gasteiger partial charge in [0.05, 0.1) is 0 Å². The Balaban J connectivity index is 1.95. The van der Waals surface area contributed by atoms with E-state index < -0.39 is 0 Å². The summed E-state index contributed by atoms with van der Waals surface area (Å²) in [6, 6.07) is 5.53. The first-order chi connectivity index (χ1) is 10.1. The smallest absolute Gasteiger partial charge is 0.128 e. The molecule has 1 aromatic rings. The van der Waals surface area contributed by atoms with Gasteiger partial charge in [0.2, 0.25) is 0 Å². The average Bonchev–Trinajstić information content (AvgIpc) is 2.52. The molecule has 21 heavy (non-hydrogen) atoms. The molecule has 1 aromatic heterocycles. The predicted molar refractivity (Wildman–Crippen MR) is 90.7 cm³/mol. The molecule has 0 amide bonds. The van der Waals surface area contributed by atoms with E-state index in [1.54, 1.807) is 0 Å². The second kappa shape index (κ2) is 7.79. The van der Waals surface area contributed by atoms with Crippen molar-refractivity contribution < 1.29 is 0 Å². The molecule has 1 saturated carbocycles. The van der Waals surface area contributed by atoms with E-state index in [9.17, 15) is 0 Å². The van der Waals surface area contributed by atoms with Gasteiger partial charge in [-0.1, -0.05) is 27.2 Å². The summed E-state index contributed by atoms with van der Waals surface area (Å²) in [5.74, 6) is 2.07. The lowest BCUT2D eigenvalue weighted by Gasteiger charge is -2.35. The first kappa shape index (κ1) is 16.3. The molecule has 1 heterocycles. The topological polar surface area (TPSA) is 28.2 Å². The van der Waals surface area contributed by atoms with Gasteiger partial charge in [-0.15, -0.1) is 0 Å². The highest BCUT2D eigenvalue weighted by Crippen LogP contribution is 2.30. The maximum absolute atomic E-state index is 4.58. The Kier molecular flexibility index (Phi) is 6.04. The first-order valence-electron chi connectivity index (χ1n) is 8.51. The quantitative estimate of drug-likeness (QED) is 0.858. The molecule has 1 fully saturated rings. The van der Waals surface area contributed by atoms with Gasteiger partial charge in [0, 0.05) is 31.9 Å². The summed E-state index contributed by atoms with van der Waals surface area (Å²) in [6.07, 6.45) is 8.66. The lowest BCUT2D eigenvalue weighted by atomic mass is 9.84. The first-order valence-corrected chi connectivity index (χ1v) is 8.51. The Bertz CT molecular complexity index is 422. The van der Waals surface area contributed by atoms with Crippen LogP contribution in [0.3, 0.4) is 0 Å². The van der Waals surface area contributed by atoms with Crippen molar-refractivity contribution in [3.05, 3.63) is 23.9 Å². The average molecular weight is 289 g/mol. The van der Waals surface area contributed by atoms with Gasteiger partial charge in [-0.05, 0) is 49.3 Å². The number of nitrogens with one attached hydrogen (secondary N) is 1. The summed E-state index contributed by atoms with van der Waals surface area (Å²) in [7, 11) is 2.21. The highest BCUT2D eigenvalue weighted by atomic mass is 15.2. The number of aromatic nitrogens is 1. The van der Waals surface area contributed by atoms with Crippen molar-refractivity contribution in [1.82, 2.24) is 10.3 Å². The van der Waals surface area contributed by atoms with Crippen LogP contribution in [0.5, 0.6) is 0 Å². The molecular weight excluding hydrogens is 258 g/mol. The maximum Gasteiger partial charge on any atom is 0.128 e. The van der Waals surface area contributed by atoms with Crippen molar-refractivity contribution in [3.8, 4) is 0 Å². The Morgan fingerprint density at radius 1 is 1.29 bits per heavy atom. The standard InChI is InChI=1S/C18H31N3/c1-5-15-6-8-17(9-7-15)21(4)18-12-16(10-11-19-18)13-20-14(2)3/h10-12,14-15,17,20H,5-9,13H2,1-4H3. The summed E-state index contributed by atoms with van der Waals surface area (Å²) in [5, 5.41) is 3.47. The molecule has 0 spiro atoms. The van der Waals surface area contributed by atoms with Crippen molar-refractivity contribution >= 4 is 5.82 Å². The molecular formula is C18H31N3. The minimum Gasteiger partial charge on any atom is -0.357 e. The van der Waals surface area contributed by atoms with Crippen LogP contribution in [0.15, 0.2) is 18.3 Å². The van der Waals surface area contributed by atoms with E-state index in [-0.39, 0.29) is 0 Å². The molecule has 0 aliphatic heterocycles. The summed E-state index contributed by atoms with van der Waals surface area (Å²) in [4.78, 5) is 6.97. The van der Waals surface area contributed by atoms with Crippen LogP contribution in [0.1, 0.15) is 58.4 Å². The van der Waals surface area contributed by atoms with Crippen LogP contribution in [0.25, 0.3) is 0 Å². The third kappa shape index (κ3) is 4.70. The molecule has 118 valence electrons. The van der Waals surface area contributed by atoms with Crippen LogP contribution in [-0.4, -0.2) is 24.1 Å². The monoisotopic (exact) mass is 289 g/mol. The van der Waals surface area contributed by atoms with Gasteiger partial charge in [0.25, 0.3) is 0 Å². The minimum atomic E-state index is 0.517. The third-order valence-electron chi connectivity index (χ3n) is 4.83. The maximum atomic E-state index is 4.58. The number of anilines is 1. The fourth-order valence-electron chi connectivity index (χ4n) is 3.21. The summed E-state index contributed by atoms with van der Waals surface area (Å²) < 4.78 is 0. The van der Waals surface area contributed by atoms with Crippen molar-refractivity contribution in [2.24, 2.45) is 5.92 Å². The van der Waals surface area contributed by atoms with Crippen molar-refractivity contribution in [1.29, 1.82) is 0 Å². The van der Waals surface area contributed by atoms with Crippen LogP contribution in [-0.2, 0) is 6.54 Å². The zero-order valence-electron chi connectivity index (χ0n) is 14.1. The highest BCUT2D eigenvalue weighted by molar-refractivity contribution is 5.41. The SMILES string of the molecule is CCC1CCC(N(C)c2cc(CNC(C)C)ccn2)CC1. The predicted octanol–water partition coefficient (Wildman–Crippen LogP) is 3.98. The van der Waals surface area contributed by atoms with E-state index in [1.807, 2.05) is 6.20 Å². The number of rotatable bonds is 6. The molecule has 3 nitrogen and oxygen atoms in total. The van der Waals surface area contributed by atoms with Crippen molar-refractivity contribution in [2.45, 2.75) is 71.5 Å². The molecule has 3 heteroatoms. The largest absolute Gasteiger partial charge is 0.357 e. The van der Waals surface area contributed by atoms with E-state index in [0.29, 0.717) is 12.1 Å². The molecule has 0 atom stereocenters. The van der Waals surface area contributed by atoms with Crippen LogP contribution in [0.2, 0.25) is 0 Å². The van der Waals surface area contributed by atoms with Gasteiger partial charge in [0.15, 0.2) is 0 Å². The minimum absolute atomic E-state index is 0.517. The van der Waals surface area contributed by atoms with E-state index in [4.69, 9.17) is 0 Å². The number of pyridine rings is 1. The molecule has 1 aliphatic rings. The lowest BCUT2D eigenvalue weighted by molar-refractivity contribution is 0.313. The van der Waals surface area contributed by atoms with E-state index >= 15 is 0 Å². The second-order valence-corrected chi connectivity index (χ2v) is 6.75. The molecule has 0 aromatic carbocycles. The normalized spacial score (nSPS) is 22.5. The molecule has 1 N–H and O–H groups in total. The van der Waals surface area contributed by atoms with Gasteiger partial charge in [-0.25, -0.2) is 4.98 Å². The van der Waals surface area contributed by atoms with E-state index in [2.05, 4.69) is 55.2 Å². The van der Waals surface area contributed by atoms with Crippen molar-refractivity contribution in [2.75, 3.05) is 11.9 Å². The molecule has 0 radical (unpaired) electrons. The molecule has 0 unspecified atom stereocenters. The highest BCUT2D eigenvalue weighted by Gasteiger charge is 2.23. The summed E-state index contributed by atoms with van der Waals surface area (Å²) in [6.45, 7) is 7.60.